The number of nitrogens with zero attached hydrogens (tertiary/aromatic N) is 3. The maximum atomic E-state index is 5.85. The fourth-order valence-electron chi connectivity index (χ4n) is 2.90. The normalized spacial score (nSPS) is 14.3. The molecule has 1 aliphatic rings. The molecule has 4 nitrogen and oxygen atoms in total. The molecule has 0 aliphatic carbocycles. The Labute approximate surface area is 144 Å². The first-order valence-electron chi connectivity index (χ1n) is 8.75. The van der Waals surface area contributed by atoms with Crippen LogP contribution in [0, 0.1) is 0 Å². The monoisotopic (exact) mass is 324 g/mol. The zero-order valence-corrected chi connectivity index (χ0v) is 14.4. The molecular formula is C20H26N3O+. The number of likely N-dealkylation sites (N-methyl/N-ethyl adjacent to an activating group) is 1. The average molecular weight is 324 g/mol. The summed E-state index contributed by atoms with van der Waals surface area (Å²) in [6.45, 7) is 3.80. The standard InChI is InChI=1S/C20H26N3O/c1-22(20-7-3-4-12-21-20)15-16-24-19-10-8-18(9-11-19)17-23-13-5-2-6-14-23/h3-4,7-12,17H,2,5-6,13-16H2,1H3/q+1. The number of benzene rings is 1. The summed E-state index contributed by atoms with van der Waals surface area (Å²) in [5.41, 5.74) is 1.25. The summed E-state index contributed by atoms with van der Waals surface area (Å²) >= 11 is 0. The van der Waals surface area contributed by atoms with E-state index in [1.165, 1.54) is 37.9 Å². The van der Waals surface area contributed by atoms with Crippen LogP contribution in [0.1, 0.15) is 24.8 Å². The van der Waals surface area contributed by atoms with Gasteiger partial charge in [0.05, 0.1) is 6.54 Å². The van der Waals surface area contributed by atoms with Gasteiger partial charge in [0.15, 0.2) is 6.21 Å². The van der Waals surface area contributed by atoms with Crippen LogP contribution in [0.2, 0.25) is 0 Å². The summed E-state index contributed by atoms with van der Waals surface area (Å²) in [4.78, 5) is 6.43. The molecule has 1 aromatic heterocycles. The number of pyridine rings is 1. The van der Waals surface area contributed by atoms with Gasteiger partial charge in [0.2, 0.25) is 0 Å². The topological polar surface area (TPSA) is 28.4 Å². The van der Waals surface area contributed by atoms with E-state index >= 15 is 0 Å². The first-order chi connectivity index (χ1) is 11.8. The largest absolute Gasteiger partial charge is 0.492 e. The SMILES string of the molecule is CN(CCOc1ccc(C=[N+]2CCCCC2)cc1)c1ccccn1. The quantitative estimate of drug-likeness (QED) is 0.764. The predicted octanol–water partition coefficient (Wildman–Crippen LogP) is 3.21. The number of anilines is 1. The summed E-state index contributed by atoms with van der Waals surface area (Å²) < 4.78 is 8.26. The van der Waals surface area contributed by atoms with Crippen LogP contribution in [0.15, 0.2) is 48.7 Å². The fraction of sp³-hybridized carbons (Fsp3) is 0.400. The number of ether oxygens (including phenoxy) is 1. The second kappa shape index (κ2) is 8.48. The second-order valence-corrected chi connectivity index (χ2v) is 6.25. The molecule has 3 rings (SSSR count). The minimum atomic E-state index is 0.641. The van der Waals surface area contributed by atoms with Crippen molar-refractivity contribution in [2.75, 3.05) is 38.2 Å². The molecule has 1 fully saturated rings. The molecule has 0 N–H and O–H groups in total. The van der Waals surface area contributed by atoms with E-state index in [2.05, 4.69) is 44.9 Å². The van der Waals surface area contributed by atoms with Crippen molar-refractivity contribution < 1.29 is 9.31 Å². The molecule has 4 heteroatoms. The second-order valence-electron chi connectivity index (χ2n) is 6.25. The smallest absolute Gasteiger partial charge is 0.170 e. The zero-order chi connectivity index (χ0) is 16.6. The van der Waals surface area contributed by atoms with Crippen molar-refractivity contribution in [1.29, 1.82) is 0 Å². The van der Waals surface area contributed by atoms with Gasteiger partial charge >= 0.3 is 0 Å². The van der Waals surface area contributed by atoms with E-state index in [1.807, 2.05) is 31.4 Å². The van der Waals surface area contributed by atoms with Crippen molar-refractivity contribution in [2.24, 2.45) is 0 Å². The highest BCUT2D eigenvalue weighted by Gasteiger charge is 2.10. The number of hydrogen-bond acceptors (Lipinski definition) is 3. The fourth-order valence-corrected chi connectivity index (χ4v) is 2.90. The Balaban J connectivity index is 1.48. The van der Waals surface area contributed by atoms with E-state index in [0.29, 0.717) is 6.61 Å². The van der Waals surface area contributed by atoms with E-state index < -0.39 is 0 Å². The number of hydrogen-bond donors (Lipinski definition) is 0. The molecule has 1 aliphatic heterocycles. The van der Waals surface area contributed by atoms with Crippen LogP contribution in [0.3, 0.4) is 0 Å². The number of rotatable bonds is 6. The maximum Gasteiger partial charge on any atom is 0.170 e. The molecule has 0 unspecified atom stereocenters. The Morgan fingerprint density at radius 1 is 1.08 bits per heavy atom. The highest BCUT2D eigenvalue weighted by molar-refractivity contribution is 5.75. The highest BCUT2D eigenvalue weighted by Crippen LogP contribution is 2.13. The van der Waals surface area contributed by atoms with E-state index in [4.69, 9.17) is 4.74 Å². The molecule has 126 valence electrons. The summed E-state index contributed by atoms with van der Waals surface area (Å²) in [5.74, 6) is 1.88. The summed E-state index contributed by atoms with van der Waals surface area (Å²) in [7, 11) is 2.03. The Hall–Kier alpha value is -2.36. The van der Waals surface area contributed by atoms with Crippen LogP contribution in [0.25, 0.3) is 0 Å². The van der Waals surface area contributed by atoms with Crippen molar-refractivity contribution in [1.82, 2.24) is 4.98 Å². The van der Waals surface area contributed by atoms with Gasteiger partial charge in [-0.15, -0.1) is 0 Å². The van der Waals surface area contributed by atoms with E-state index in [9.17, 15) is 0 Å². The molecule has 2 heterocycles. The molecule has 24 heavy (non-hydrogen) atoms. The molecule has 0 bridgehead atoms. The van der Waals surface area contributed by atoms with Crippen LogP contribution in [-0.2, 0) is 0 Å². The lowest BCUT2D eigenvalue weighted by Crippen LogP contribution is -2.24. The third-order valence-corrected chi connectivity index (χ3v) is 4.34. The number of aromatic nitrogens is 1. The molecule has 0 radical (unpaired) electrons. The predicted molar refractivity (Wildman–Crippen MR) is 98.5 cm³/mol. The molecule has 1 aromatic carbocycles. The molecule has 0 amide bonds. The Kier molecular flexibility index (Phi) is 5.83. The number of piperidine rings is 1. The third-order valence-electron chi connectivity index (χ3n) is 4.34. The Bertz CT molecular complexity index is 644. The van der Waals surface area contributed by atoms with Crippen LogP contribution in [0.5, 0.6) is 5.75 Å². The lowest BCUT2D eigenvalue weighted by molar-refractivity contribution is -0.532. The van der Waals surface area contributed by atoms with Crippen molar-refractivity contribution in [3.8, 4) is 5.75 Å². The Morgan fingerprint density at radius 2 is 1.88 bits per heavy atom. The molecule has 0 spiro atoms. The first kappa shape index (κ1) is 16.5. The van der Waals surface area contributed by atoms with E-state index in [0.717, 1.165) is 18.1 Å². The minimum Gasteiger partial charge on any atom is -0.492 e. The van der Waals surface area contributed by atoms with Gasteiger partial charge in [-0.3, -0.25) is 0 Å². The van der Waals surface area contributed by atoms with E-state index in [-0.39, 0.29) is 0 Å². The first-order valence-corrected chi connectivity index (χ1v) is 8.75. The third kappa shape index (κ3) is 4.82. The van der Waals surface area contributed by atoms with Crippen molar-refractivity contribution in [2.45, 2.75) is 19.3 Å². The van der Waals surface area contributed by atoms with Crippen LogP contribution in [0.4, 0.5) is 5.82 Å². The van der Waals surface area contributed by atoms with Crippen molar-refractivity contribution in [3.63, 3.8) is 0 Å². The van der Waals surface area contributed by atoms with Gasteiger partial charge in [-0.2, -0.15) is 0 Å². The van der Waals surface area contributed by atoms with Crippen molar-refractivity contribution in [3.05, 3.63) is 54.2 Å². The lowest BCUT2D eigenvalue weighted by Gasteiger charge is -2.18. The summed E-state index contributed by atoms with van der Waals surface area (Å²) in [6, 6.07) is 14.3. The molecule has 1 saturated heterocycles. The molecule has 0 saturated carbocycles. The van der Waals surface area contributed by atoms with E-state index in [1.54, 1.807) is 0 Å². The van der Waals surface area contributed by atoms with Gasteiger partial charge < -0.3 is 9.64 Å². The Morgan fingerprint density at radius 3 is 2.58 bits per heavy atom. The highest BCUT2D eigenvalue weighted by atomic mass is 16.5. The lowest BCUT2D eigenvalue weighted by atomic mass is 10.1. The van der Waals surface area contributed by atoms with Crippen LogP contribution >= 0.6 is 0 Å². The van der Waals surface area contributed by atoms with Crippen LogP contribution in [-0.4, -0.2) is 49.1 Å². The van der Waals surface area contributed by atoms with Crippen LogP contribution < -0.4 is 9.64 Å². The molecular weight excluding hydrogens is 298 g/mol. The van der Waals surface area contributed by atoms with Gasteiger partial charge in [0.25, 0.3) is 0 Å². The summed E-state index contributed by atoms with van der Waals surface area (Å²) in [6.07, 6.45) is 8.05. The van der Waals surface area contributed by atoms with Gasteiger partial charge in [0, 0.05) is 31.6 Å². The average Bonchev–Trinajstić information content (AvgIpc) is 2.65. The zero-order valence-electron chi connectivity index (χ0n) is 14.4. The minimum absolute atomic E-state index is 0.641. The molecule has 0 atom stereocenters. The maximum absolute atomic E-state index is 5.85. The summed E-state index contributed by atoms with van der Waals surface area (Å²) in [5, 5.41) is 0. The van der Waals surface area contributed by atoms with Gasteiger partial charge in [0.1, 0.15) is 31.3 Å². The van der Waals surface area contributed by atoms with Gasteiger partial charge in [-0.05, 0) is 42.8 Å². The molecule has 2 aromatic rings. The van der Waals surface area contributed by atoms with Gasteiger partial charge in [-0.25, -0.2) is 9.56 Å². The van der Waals surface area contributed by atoms with Crippen molar-refractivity contribution >= 4 is 12.0 Å². The van der Waals surface area contributed by atoms with Gasteiger partial charge in [-0.1, -0.05) is 6.07 Å².